The van der Waals surface area contributed by atoms with E-state index in [0.717, 1.165) is 0 Å². The topological polar surface area (TPSA) is 113 Å². The molecule has 1 amide bonds. The zero-order chi connectivity index (χ0) is 16.7. The summed E-state index contributed by atoms with van der Waals surface area (Å²) in [5.74, 6) is -0.671. The van der Waals surface area contributed by atoms with Gasteiger partial charge >= 0.3 is 6.09 Å². The van der Waals surface area contributed by atoms with Crippen molar-refractivity contribution >= 4 is 17.7 Å². The Bertz CT molecular complexity index is 751. The second-order valence-electron chi connectivity index (χ2n) is 5.41. The maximum Gasteiger partial charge on any atom is 0.407 e. The van der Waals surface area contributed by atoms with Crippen molar-refractivity contribution < 1.29 is 29.3 Å². The SMILES string of the molecule is CNC(=O)OC1Cc2c3c(cc(CO)c2C1O)C(=O)C=CC3=O. The summed E-state index contributed by atoms with van der Waals surface area (Å²) in [5, 5.41) is 22.3. The van der Waals surface area contributed by atoms with Gasteiger partial charge in [0.15, 0.2) is 11.6 Å². The quantitative estimate of drug-likeness (QED) is 0.729. The highest BCUT2D eigenvalue weighted by Crippen LogP contribution is 2.40. The van der Waals surface area contributed by atoms with Crippen LogP contribution in [-0.2, 0) is 17.8 Å². The highest BCUT2D eigenvalue weighted by Gasteiger charge is 2.40. The predicted molar refractivity (Wildman–Crippen MR) is 78.2 cm³/mol. The molecule has 2 aliphatic rings. The van der Waals surface area contributed by atoms with E-state index in [1.54, 1.807) is 0 Å². The minimum Gasteiger partial charge on any atom is -0.443 e. The smallest absolute Gasteiger partial charge is 0.407 e. The van der Waals surface area contributed by atoms with E-state index in [4.69, 9.17) is 4.74 Å². The first-order valence-corrected chi connectivity index (χ1v) is 7.10. The van der Waals surface area contributed by atoms with Crippen molar-refractivity contribution in [3.8, 4) is 0 Å². The van der Waals surface area contributed by atoms with Crippen LogP contribution in [0.4, 0.5) is 4.79 Å². The summed E-state index contributed by atoms with van der Waals surface area (Å²) >= 11 is 0. The van der Waals surface area contributed by atoms with Crippen LogP contribution in [0.3, 0.4) is 0 Å². The molecule has 120 valence electrons. The van der Waals surface area contributed by atoms with E-state index in [0.29, 0.717) is 16.7 Å². The summed E-state index contributed by atoms with van der Waals surface area (Å²) in [7, 11) is 1.39. The van der Waals surface area contributed by atoms with Gasteiger partial charge in [0.2, 0.25) is 0 Å². The van der Waals surface area contributed by atoms with Crippen LogP contribution in [0.15, 0.2) is 18.2 Å². The highest BCUT2D eigenvalue weighted by atomic mass is 16.6. The van der Waals surface area contributed by atoms with Crippen molar-refractivity contribution in [2.24, 2.45) is 0 Å². The average Bonchev–Trinajstić information content (AvgIpc) is 2.86. The van der Waals surface area contributed by atoms with Crippen molar-refractivity contribution in [3.63, 3.8) is 0 Å². The van der Waals surface area contributed by atoms with Crippen LogP contribution >= 0.6 is 0 Å². The molecule has 2 aliphatic carbocycles. The Kier molecular flexibility index (Phi) is 3.75. The molecule has 2 atom stereocenters. The number of hydrogen-bond donors (Lipinski definition) is 3. The molecular formula is C16H15NO6. The standard InChI is InChI=1S/C16H15NO6/c1-17-16(22)23-12-5-9-13(15(12)21)7(6-18)4-8-10(19)2-3-11(20)14(8)9/h2-4,12,15,18,21H,5-6H2,1H3,(H,17,22). The molecule has 1 aromatic carbocycles. The number of hydrogen-bond acceptors (Lipinski definition) is 6. The molecule has 7 heteroatoms. The zero-order valence-corrected chi connectivity index (χ0v) is 12.3. The molecule has 0 aromatic heterocycles. The Labute approximate surface area is 131 Å². The minimum atomic E-state index is -1.16. The molecule has 23 heavy (non-hydrogen) atoms. The van der Waals surface area contributed by atoms with Gasteiger partial charge in [0.05, 0.1) is 6.61 Å². The fraction of sp³-hybridized carbons (Fsp3) is 0.312. The number of alkyl carbamates (subject to hydrolysis) is 1. The van der Waals surface area contributed by atoms with Gasteiger partial charge in [-0.2, -0.15) is 0 Å². The van der Waals surface area contributed by atoms with Crippen LogP contribution in [0.25, 0.3) is 0 Å². The lowest BCUT2D eigenvalue weighted by molar-refractivity contribution is 0.0132. The molecule has 0 fully saturated rings. The minimum absolute atomic E-state index is 0.104. The van der Waals surface area contributed by atoms with Gasteiger partial charge in [-0.3, -0.25) is 9.59 Å². The van der Waals surface area contributed by atoms with E-state index >= 15 is 0 Å². The number of carbonyl (C=O) groups excluding carboxylic acids is 3. The monoisotopic (exact) mass is 317 g/mol. The molecule has 1 aromatic rings. The molecule has 0 saturated carbocycles. The van der Waals surface area contributed by atoms with Crippen LogP contribution in [0.2, 0.25) is 0 Å². The van der Waals surface area contributed by atoms with E-state index in [9.17, 15) is 24.6 Å². The first-order valence-electron chi connectivity index (χ1n) is 7.10. The van der Waals surface area contributed by atoms with Gasteiger partial charge in [-0.25, -0.2) is 4.79 Å². The van der Waals surface area contributed by atoms with Gasteiger partial charge in [-0.1, -0.05) is 0 Å². The largest absolute Gasteiger partial charge is 0.443 e. The van der Waals surface area contributed by atoms with Crippen molar-refractivity contribution in [1.82, 2.24) is 5.32 Å². The second kappa shape index (κ2) is 5.60. The van der Waals surface area contributed by atoms with Crippen molar-refractivity contribution in [3.05, 3.63) is 46.0 Å². The second-order valence-corrected chi connectivity index (χ2v) is 5.41. The highest BCUT2D eigenvalue weighted by molar-refractivity contribution is 6.23. The predicted octanol–water partition coefficient (Wildman–Crippen LogP) is 0.428. The van der Waals surface area contributed by atoms with Crippen LogP contribution in [0, 0.1) is 0 Å². The Morgan fingerprint density at radius 3 is 2.70 bits per heavy atom. The van der Waals surface area contributed by atoms with Crippen LogP contribution < -0.4 is 5.32 Å². The van der Waals surface area contributed by atoms with Gasteiger partial charge in [0.25, 0.3) is 0 Å². The summed E-state index contributed by atoms with van der Waals surface area (Å²) in [6, 6.07) is 1.42. The van der Waals surface area contributed by atoms with Crippen LogP contribution in [-0.4, -0.2) is 41.0 Å². The normalized spacial score (nSPS) is 21.9. The van der Waals surface area contributed by atoms with Gasteiger partial charge < -0.3 is 20.3 Å². The molecule has 0 spiro atoms. The first kappa shape index (κ1) is 15.4. The maximum absolute atomic E-state index is 12.2. The summed E-state index contributed by atoms with van der Waals surface area (Å²) in [6.45, 7) is -0.398. The number of aliphatic hydroxyl groups is 2. The number of allylic oxidation sites excluding steroid dienone is 2. The number of nitrogens with one attached hydrogen (secondary N) is 1. The van der Waals surface area contributed by atoms with Gasteiger partial charge in [-0.05, 0) is 34.9 Å². The molecule has 7 nitrogen and oxygen atoms in total. The Morgan fingerprint density at radius 2 is 2.04 bits per heavy atom. The summed E-state index contributed by atoms with van der Waals surface area (Å²) < 4.78 is 5.11. The number of aliphatic hydroxyl groups excluding tert-OH is 2. The number of benzene rings is 1. The Morgan fingerprint density at radius 1 is 1.35 bits per heavy atom. The molecule has 0 heterocycles. The number of fused-ring (bicyclic) bond motifs is 3. The maximum atomic E-state index is 12.2. The Hall–Kier alpha value is -2.51. The van der Waals surface area contributed by atoms with E-state index in [1.165, 1.54) is 25.3 Å². The summed E-state index contributed by atoms with van der Waals surface area (Å²) in [5.41, 5.74) is 1.58. The zero-order valence-electron chi connectivity index (χ0n) is 12.3. The lowest BCUT2D eigenvalue weighted by atomic mass is 9.86. The van der Waals surface area contributed by atoms with E-state index in [2.05, 4.69) is 5.32 Å². The Balaban J connectivity index is 2.13. The van der Waals surface area contributed by atoms with Crippen molar-refractivity contribution in [1.29, 1.82) is 0 Å². The third kappa shape index (κ3) is 2.34. The molecule has 0 aliphatic heterocycles. The number of amides is 1. The fourth-order valence-corrected chi connectivity index (χ4v) is 3.13. The van der Waals surface area contributed by atoms with Crippen molar-refractivity contribution in [2.75, 3.05) is 7.05 Å². The number of rotatable bonds is 2. The van der Waals surface area contributed by atoms with Gasteiger partial charge in [0, 0.05) is 24.6 Å². The first-order chi connectivity index (χ1) is 11.0. The number of ether oxygens (including phenoxy) is 1. The lowest BCUT2D eigenvalue weighted by Gasteiger charge is -2.18. The third-order valence-electron chi connectivity index (χ3n) is 4.14. The molecule has 0 radical (unpaired) electrons. The third-order valence-corrected chi connectivity index (χ3v) is 4.14. The molecule has 3 N–H and O–H groups in total. The van der Waals surface area contributed by atoms with E-state index in [-0.39, 0.29) is 29.1 Å². The molecular weight excluding hydrogens is 302 g/mol. The van der Waals surface area contributed by atoms with Crippen LogP contribution in [0.5, 0.6) is 0 Å². The molecule has 0 saturated heterocycles. The van der Waals surface area contributed by atoms with E-state index in [1.807, 2.05) is 0 Å². The van der Waals surface area contributed by atoms with Gasteiger partial charge in [0.1, 0.15) is 12.2 Å². The fourth-order valence-electron chi connectivity index (χ4n) is 3.13. The van der Waals surface area contributed by atoms with E-state index < -0.39 is 24.9 Å². The number of carbonyl (C=O) groups is 3. The molecule has 0 bridgehead atoms. The average molecular weight is 317 g/mol. The molecule has 2 unspecified atom stereocenters. The summed E-state index contributed by atoms with van der Waals surface area (Å²) in [6.07, 6.45) is -0.277. The van der Waals surface area contributed by atoms with Crippen LogP contribution in [0.1, 0.15) is 43.5 Å². The lowest BCUT2D eigenvalue weighted by Crippen LogP contribution is -2.28. The summed E-state index contributed by atoms with van der Waals surface area (Å²) in [4.78, 5) is 35.6. The number of ketones is 2. The molecule has 3 rings (SSSR count). The van der Waals surface area contributed by atoms with Crippen molar-refractivity contribution in [2.45, 2.75) is 25.2 Å². The van der Waals surface area contributed by atoms with Gasteiger partial charge in [-0.15, -0.1) is 0 Å².